The van der Waals surface area contributed by atoms with Gasteiger partial charge in [-0.05, 0) is 25.0 Å². The molecule has 1 atom stereocenters. The molecule has 1 aromatic rings. The Hall–Kier alpha value is -1.68. The molecule has 0 amide bonds. The van der Waals surface area contributed by atoms with Crippen molar-refractivity contribution < 1.29 is 14.2 Å². The third-order valence-electron chi connectivity index (χ3n) is 3.04. The molecule has 0 fully saturated rings. The molecule has 4 nitrogen and oxygen atoms in total. The van der Waals surface area contributed by atoms with E-state index in [1.165, 1.54) is 0 Å². The summed E-state index contributed by atoms with van der Waals surface area (Å²) >= 11 is 0. The highest BCUT2D eigenvalue weighted by Crippen LogP contribution is 2.36. The molecule has 0 saturated heterocycles. The first-order valence-corrected chi connectivity index (χ1v) is 6.07. The fraction of sp³-hybridized carbons (Fsp3) is 0.429. The summed E-state index contributed by atoms with van der Waals surface area (Å²) in [6, 6.07) is 5.38. The first kappa shape index (κ1) is 12.8. The lowest BCUT2D eigenvalue weighted by atomic mass is 10.0. The van der Waals surface area contributed by atoms with Crippen LogP contribution in [0.5, 0.6) is 11.5 Å². The highest BCUT2D eigenvalue weighted by Gasteiger charge is 2.21. The normalized spacial score (nSPS) is 16.5. The zero-order chi connectivity index (χ0) is 13.0. The Morgan fingerprint density at radius 2 is 2.11 bits per heavy atom. The predicted molar refractivity (Wildman–Crippen MR) is 69.7 cm³/mol. The Balaban J connectivity index is 2.34. The molecule has 0 aliphatic carbocycles. The number of ether oxygens (including phenoxy) is 3. The molecule has 0 aromatic heterocycles. The SMILES string of the molecule is COc1cccc(C(N)C2=CCCCO2)c1OC. The number of benzene rings is 1. The zero-order valence-corrected chi connectivity index (χ0v) is 10.8. The Kier molecular flexibility index (Phi) is 4.10. The van der Waals surface area contributed by atoms with Gasteiger partial charge in [0.15, 0.2) is 11.5 Å². The summed E-state index contributed by atoms with van der Waals surface area (Å²) in [6.07, 6.45) is 4.11. The molecule has 1 aliphatic heterocycles. The summed E-state index contributed by atoms with van der Waals surface area (Å²) < 4.78 is 16.3. The van der Waals surface area contributed by atoms with E-state index >= 15 is 0 Å². The first-order valence-electron chi connectivity index (χ1n) is 6.07. The molecule has 1 heterocycles. The van der Waals surface area contributed by atoms with Crippen LogP contribution in [0.4, 0.5) is 0 Å². The van der Waals surface area contributed by atoms with Crippen LogP contribution in [0.1, 0.15) is 24.4 Å². The molecule has 1 aromatic carbocycles. The Labute approximate surface area is 107 Å². The molecule has 2 rings (SSSR count). The van der Waals surface area contributed by atoms with Gasteiger partial charge in [0.25, 0.3) is 0 Å². The second kappa shape index (κ2) is 5.78. The van der Waals surface area contributed by atoms with Crippen molar-refractivity contribution in [2.45, 2.75) is 18.9 Å². The van der Waals surface area contributed by atoms with E-state index in [2.05, 4.69) is 0 Å². The number of hydrogen-bond acceptors (Lipinski definition) is 4. The van der Waals surface area contributed by atoms with Crippen molar-refractivity contribution in [3.8, 4) is 11.5 Å². The van der Waals surface area contributed by atoms with Crippen molar-refractivity contribution in [3.05, 3.63) is 35.6 Å². The predicted octanol–water partition coefficient (Wildman–Crippen LogP) is 2.40. The Morgan fingerprint density at radius 3 is 2.72 bits per heavy atom. The minimum atomic E-state index is -0.310. The third kappa shape index (κ3) is 2.43. The quantitative estimate of drug-likeness (QED) is 0.890. The Bertz CT molecular complexity index is 443. The van der Waals surface area contributed by atoms with Gasteiger partial charge >= 0.3 is 0 Å². The molecular formula is C14H19NO3. The number of allylic oxidation sites excluding steroid dienone is 1. The summed E-state index contributed by atoms with van der Waals surface area (Å²) in [5.74, 6) is 2.16. The fourth-order valence-electron chi connectivity index (χ4n) is 2.10. The van der Waals surface area contributed by atoms with E-state index in [9.17, 15) is 0 Å². The van der Waals surface area contributed by atoms with Crippen LogP contribution in [-0.2, 0) is 4.74 Å². The lowest BCUT2D eigenvalue weighted by molar-refractivity contribution is 0.175. The second-order valence-corrected chi connectivity index (χ2v) is 4.16. The van der Waals surface area contributed by atoms with Gasteiger partial charge in [0, 0.05) is 5.56 Å². The maximum absolute atomic E-state index is 6.24. The molecular weight excluding hydrogens is 230 g/mol. The second-order valence-electron chi connectivity index (χ2n) is 4.16. The molecule has 0 radical (unpaired) electrons. The van der Waals surface area contributed by atoms with Crippen LogP contribution in [-0.4, -0.2) is 20.8 Å². The molecule has 1 unspecified atom stereocenters. The number of hydrogen-bond donors (Lipinski definition) is 1. The van der Waals surface area contributed by atoms with Gasteiger partial charge in [0.1, 0.15) is 5.76 Å². The lowest BCUT2D eigenvalue weighted by Gasteiger charge is -2.23. The van der Waals surface area contributed by atoms with Crippen molar-refractivity contribution in [1.29, 1.82) is 0 Å². The number of rotatable bonds is 4. The zero-order valence-electron chi connectivity index (χ0n) is 10.8. The van der Waals surface area contributed by atoms with Crippen molar-refractivity contribution in [3.63, 3.8) is 0 Å². The van der Waals surface area contributed by atoms with Gasteiger partial charge in [-0.2, -0.15) is 0 Å². The van der Waals surface area contributed by atoms with Crippen LogP contribution in [0.25, 0.3) is 0 Å². The van der Waals surface area contributed by atoms with Crippen LogP contribution >= 0.6 is 0 Å². The summed E-state index contributed by atoms with van der Waals surface area (Å²) in [6.45, 7) is 0.728. The number of nitrogens with two attached hydrogens (primary N) is 1. The first-order chi connectivity index (χ1) is 8.77. The maximum Gasteiger partial charge on any atom is 0.165 e. The average Bonchev–Trinajstić information content (AvgIpc) is 2.46. The lowest BCUT2D eigenvalue weighted by Crippen LogP contribution is -2.18. The topological polar surface area (TPSA) is 53.7 Å². The van der Waals surface area contributed by atoms with E-state index in [0.29, 0.717) is 11.5 Å². The minimum absolute atomic E-state index is 0.310. The van der Waals surface area contributed by atoms with Crippen molar-refractivity contribution >= 4 is 0 Å². The van der Waals surface area contributed by atoms with E-state index in [-0.39, 0.29) is 6.04 Å². The van der Waals surface area contributed by atoms with Crippen molar-refractivity contribution in [1.82, 2.24) is 0 Å². The highest BCUT2D eigenvalue weighted by atomic mass is 16.5. The minimum Gasteiger partial charge on any atom is -0.496 e. The Morgan fingerprint density at radius 1 is 1.28 bits per heavy atom. The van der Waals surface area contributed by atoms with Gasteiger partial charge in [-0.3, -0.25) is 0 Å². The average molecular weight is 249 g/mol. The van der Waals surface area contributed by atoms with Crippen molar-refractivity contribution in [2.24, 2.45) is 5.73 Å². The number of para-hydroxylation sites is 1. The summed E-state index contributed by atoms with van der Waals surface area (Å²) in [5, 5.41) is 0. The summed E-state index contributed by atoms with van der Waals surface area (Å²) in [7, 11) is 3.23. The van der Waals surface area contributed by atoms with Crippen LogP contribution in [0.15, 0.2) is 30.0 Å². The summed E-state index contributed by atoms with van der Waals surface area (Å²) in [5.41, 5.74) is 7.12. The van der Waals surface area contributed by atoms with Gasteiger partial charge in [-0.1, -0.05) is 12.1 Å². The van der Waals surface area contributed by atoms with Crippen molar-refractivity contribution in [2.75, 3.05) is 20.8 Å². The molecule has 98 valence electrons. The van der Waals surface area contributed by atoms with E-state index in [1.807, 2.05) is 24.3 Å². The van der Waals surface area contributed by atoms with Crippen LogP contribution < -0.4 is 15.2 Å². The third-order valence-corrected chi connectivity index (χ3v) is 3.04. The van der Waals surface area contributed by atoms with E-state index in [0.717, 1.165) is 30.8 Å². The largest absolute Gasteiger partial charge is 0.496 e. The molecule has 4 heteroatoms. The highest BCUT2D eigenvalue weighted by molar-refractivity contribution is 5.49. The monoisotopic (exact) mass is 249 g/mol. The van der Waals surface area contributed by atoms with Gasteiger partial charge in [0.05, 0.1) is 26.9 Å². The van der Waals surface area contributed by atoms with Gasteiger partial charge < -0.3 is 19.9 Å². The molecule has 18 heavy (non-hydrogen) atoms. The molecule has 1 aliphatic rings. The van der Waals surface area contributed by atoms with E-state index in [4.69, 9.17) is 19.9 Å². The van der Waals surface area contributed by atoms with Gasteiger partial charge in [-0.15, -0.1) is 0 Å². The standard InChI is InChI=1S/C14H19NO3/c1-16-12-8-5-6-10(14(12)17-2)13(15)11-7-3-4-9-18-11/h5-8,13H,3-4,9,15H2,1-2H3. The van der Waals surface area contributed by atoms with Crippen LogP contribution in [0.2, 0.25) is 0 Å². The van der Waals surface area contributed by atoms with E-state index < -0.39 is 0 Å². The smallest absolute Gasteiger partial charge is 0.165 e. The molecule has 0 bridgehead atoms. The van der Waals surface area contributed by atoms with Crippen LogP contribution in [0.3, 0.4) is 0 Å². The van der Waals surface area contributed by atoms with E-state index in [1.54, 1.807) is 14.2 Å². The van der Waals surface area contributed by atoms with Crippen LogP contribution in [0, 0.1) is 0 Å². The maximum atomic E-state index is 6.24. The fourth-order valence-corrected chi connectivity index (χ4v) is 2.10. The summed E-state index contributed by atoms with van der Waals surface area (Å²) in [4.78, 5) is 0. The molecule has 0 saturated carbocycles. The molecule has 0 spiro atoms. The molecule has 2 N–H and O–H groups in total. The van der Waals surface area contributed by atoms with Gasteiger partial charge in [0.2, 0.25) is 0 Å². The van der Waals surface area contributed by atoms with Gasteiger partial charge in [-0.25, -0.2) is 0 Å². The number of methoxy groups -OCH3 is 2.